The highest BCUT2D eigenvalue weighted by molar-refractivity contribution is 6.99. The molecule has 3 nitrogen and oxygen atoms in total. The van der Waals surface area contributed by atoms with Crippen molar-refractivity contribution in [2.24, 2.45) is 17.8 Å². The maximum Gasteiger partial charge on any atom is 0.256 e. The molecule has 2 aliphatic heterocycles. The first-order valence-corrected chi connectivity index (χ1v) is 20.6. The first-order valence-electron chi connectivity index (χ1n) is 20.6. The van der Waals surface area contributed by atoms with Gasteiger partial charge in [-0.05, 0) is 149 Å². The Bertz CT molecular complexity index is 2530. The first-order chi connectivity index (χ1) is 27.7. The van der Waals surface area contributed by atoms with E-state index in [0.717, 1.165) is 52.0 Å². The molecule has 0 aromatic heterocycles. The summed E-state index contributed by atoms with van der Waals surface area (Å²) < 4.78 is 7.00. The van der Waals surface area contributed by atoms with E-state index in [9.17, 15) is 0 Å². The molecule has 4 aliphatic carbocycles. The van der Waals surface area contributed by atoms with Gasteiger partial charge in [0.2, 0.25) is 0 Å². The monoisotopic (exact) mass is 722 g/mol. The summed E-state index contributed by atoms with van der Waals surface area (Å²) in [7, 11) is 0. The Morgan fingerprint density at radius 2 is 1.11 bits per heavy atom. The van der Waals surface area contributed by atoms with Crippen molar-refractivity contribution < 1.29 is 4.74 Å². The molecule has 4 saturated carbocycles. The van der Waals surface area contributed by atoms with Gasteiger partial charge in [-0.15, -0.1) is 0 Å². The smallest absolute Gasteiger partial charge is 0.256 e. The van der Waals surface area contributed by atoms with Gasteiger partial charge in [0.25, 0.3) is 6.71 Å². The summed E-state index contributed by atoms with van der Waals surface area (Å²) >= 11 is 0. The second-order valence-corrected chi connectivity index (χ2v) is 17.2. The highest BCUT2D eigenvalue weighted by atomic mass is 16.5. The van der Waals surface area contributed by atoms with Crippen LogP contribution in [0.25, 0.3) is 11.1 Å². The molecule has 0 atom stereocenters. The lowest BCUT2D eigenvalue weighted by Gasteiger charge is -2.57. The van der Waals surface area contributed by atoms with E-state index in [4.69, 9.17) is 4.74 Å². The van der Waals surface area contributed by atoms with Crippen molar-refractivity contribution in [3.8, 4) is 22.6 Å². The number of hydrogen-bond acceptors (Lipinski definition) is 3. The van der Waals surface area contributed by atoms with Crippen LogP contribution in [0.5, 0.6) is 11.5 Å². The highest BCUT2D eigenvalue weighted by Crippen LogP contribution is 2.61. The van der Waals surface area contributed by atoms with Crippen molar-refractivity contribution in [2.75, 3.05) is 9.80 Å². The van der Waals surface area contributed by atoms with Gasteiger partial charge >= 0.3 is 0 Å². The fourth-order valence-corrected chi connectivity index (χ4v) is 11.9. The standard InChI is InChI=1S/C52H43BN2O/c1-4-12-38(13-5-1)39-20-25-47-46(29-39)53-45-18-10-11-19-49(45)56-50-31-44(54(41-14-6-2-7-15-41)42-16-8-3-9-17-42)30-48(51(50)53)55(47)43-23-21-40(22-24-43)52-32-35-26-36(33-52)28-37(27-35)34-52/h1-25,29-31,35-37H,26-28,32-34H2. The van der Waals surface area contributed by atoms with Crippen LogP contribution >= 0.6 is 0 Å². The van der Waals surface area contributed by atoms with Crippen LogP contribution in [-0.4, -0.2) is 6.71 Å². The predicted molar refractivity (Wildman–Crippen MR) is 232 cm³/mol. The largest absolute Gasteiger partial charge is 0.458 e. The molecule has 0 unspecified atom stereocenters. The molecule has 0 saturated heterocycles. The minimum Gasteiger partial charge on any atom is -0.458 e. The van der Waals surface area contributed by atoms with Gasteiger partial charge in [0.15, 0.2) is 0 Å². The summed E-state index contributed by atoms with van der Waals surface area (Å²) in [5.41, 5.74) is 14.9. The fourth-order valence-electron chi connectivity index (χ4n) is 11.9. The predicted octanol–water partition coefficient (Wildman–Crippen LogP) is 11.7. The molecule has 56 heavy (non-hydrogen) atoms. The molecule has 270 valence electrons. The van der Waals surface area contributed by atoms with Gasteiger partial charge < -0.3 is 14.5 Å². The summed E-state index contributed by atoms with van der Waals surface area (Å²) in [6.45, 7) is 0.0158. The van der Waals surface area contributed by atoms with Gasteiger partial charge in [0, 0.05) is 34.5 Å². The number of rotatable bonds is 6. The van der Waals surface area contributed by atoms with Crippen LogP contribution < -0.4 is 30.9 Å². The lowest BCUT2D eigenvalue weighted by molar-refractivity contribution is -0.00518. The quantitative estimate of drug-likeness (QED) is 0.159. The third-order valence-electron chi connectivity index (χ3n) is 13.8. The van der Waals surface area contributed by atoms with Crippen molar-refractivity contribution >= 4 is 57.2 Å². The molecule has 7 aromatic carbocycles. The third kappa shape index (κ3) is 5.04. The molecule has 4 heteroatoms. The van der Waals surface area contributed by atoms with Crippen LogP contribution in [0.1, 0.15) is 44.1 Å². The Hall–Kier alpha value is -6.00. The first kappa shape index (κ1) is 32.3. The van der Waals surface area contributed by atoms with Gasteiger partial charge in [-0.3, -0.25) is 0 Å². The summed E-state index contributed by atoms with van der Waals surface area (Å²) in [6, 6.07) is 62.5. The molecule has 13 rings (SSSR count). The minimum absolute atomic E-state index is 0.0158. The molecule has 4 bridgehead atoms. The molecule has 2 heterocycles. The Morgan fingerprint density at radius 3 is 1.77 bits per heavy atom. The van der Waals surface area contributed by atoms with Gasteiger partial charge in [0.05, 0.1) is 5.69 Å². The summed E-state index contributed by atoms with van der Waals surface area (Å²) in [5, 5.41) is 0. The van der Waals surface area contributed by atoms with E-state index in [1.165, 1.54) is 77.4 Å². The number of anilines is 6. The average Bonchev–Trinajstić information content (AvgIpc) is 3.24. The van der Waals surface area contributed by atoms with Gasteiger partial charge in [-0.25, -0.2) is 0 Å². The summed E-state index contributed by atoms with van der Waals surface area (Å²) in [4.78, 5) is 4.88. The van der Waals surface area contributed by atoms with E-state index >= 15 is 0 Å². The van der Waals surface area contributed by atoms with Crippen molar-refractivity contribution in [3.63, 3.8) is 0 Å². The van der Waals surface area contributed by atoms with E-state index in [1.807, 2.05) is 0 Å². The van der Waals surface area contributed by atoms with Crippen LogP contribution in [0.4, 0.5) is 34.1 Å². The highest BCUT2D eigenvalue weighted by Gasteiger charge is 2.51. The van der Waals surface area contributed by atoms with E-state index in [2.05, 4.69) is 180 Å². The number of benzene rings is 7. The lowest BCUT2D eigenvalue weighted by Crippen LogP contribution is -2.59. The maximum atomic E-state index is 7.00. The average molecular weight is 723 g/mol. The third-order valence-corrected chi connectivity index (χ3v) is 13.8. The summed E-state index contributed by atoms with van der Waals surface area (Å²) in [6.07, 6.45) is 8.50. The number of hydrogen-bond donors (Lipinski definition) is 0. The fraction of sp³-hybridized carbons (Fsp3) is 0.192. The molecular weight excluding hydrogens is 679 g/mol. The molecule has 0 spiro atoms. The number of fused-ring (bicyclic) bond motifs is 4. The minimum atomic E-state index is 0.0158. The van der Waals surface area contributed by atoms with E-state index in [-0.39, 0.29) is 6.71 Å². The molecular formula is C52H43BN2O. The normalized spacial score (nSPS) is 22.2. The second kappa shape index (κ2) is 12.5. The van der Waals surface area contributed by atoms with E-state index < -0.39 is 0 Å². The van der Waals surface area contributed by atoms with Gasteiger partial charge in [0.1, 0.15) is 11.5 Å². The zero-order valence-corrected chi connectivity index (χ0v) is 31.5. The SMILES string of the molecule is c1ccc(-c2ccc3c(c2)B2c4ccccc4Oc4cc(N(c5ccccc5)c5ccccc5)cc(c42)N3c2ccc(C34CC5CC(CC(C5)C3)C4)cc2)cc1. The Balaban J connectivity index is 1.08. The zero-order valence-electron chi connectivity index (χ0n) is 31.5. The Kier molecular flexibility index (Phi) is 7.21. The van der Waals surface area contributed by atoms with E-state index in [0.29, 0.717) is 5.41 Å². The van der Waals surface area contributed by atoms with Crippen LogP contribution in [-0.2, 0) is 5.41 Å². The van der Waals surface area contributed by atoms with Crippen LogP contribution in [0.15, 0.2) is 170 Å². The lowest BCUT2D eigenvalue weighted by atomic mass is 9.34. The molecule has 0 amide bonds. The molecule has 0 N–H and O–H groups in total. The maximum absolute atomic E-state index is 7.00. The molecule has 4 fully saturated rings. The molecule has 7 aromatic rings. The Morgan fingerprint density at radius 1 is 0.500 bits per heavy atom. The van der Waals surface area contributed by atoms with Crippen LogP contribution in [0.2, 0.25) is 0 Å². The van der Waals surface area contributed by atoms with Crippen molar-refractivity contribution in [2.45, 2.75) is 43.9 Å². The van der Waals surface area contributed by atoms with Gasteiger partial charge in [-0.1, -0.05) is 109 Å². The molecule has 6 aliphatic rings. The zero-order chi connectivity index (χ0) is 36.8. The topological polar surface area (TPSA) is 15.7 Å². The summed E-state index contributed by atoms with van der Waals surface area (Å²) in [5.74, 6) is 4.58. The van der Waals surface area contributed by atoms with Gasteiger partial charge in [-0.2, -0.15) is 0 Å². The number of nitrogens with zero attached hydrogens (tertiary/aromatic N) is 2. The van der Waals surface area contributed by atoms with Crippen LogP contribution in [0, 0.1) is 17.8 Å². The van der Waals surface area contributed by atoms with Crippen molar-refractivity contribution in [1.82, 2.24) is 0 Å². The number of para-hydroxylation sites is 3. The molecule has 0 radical (unpaired) electrons. The van der Waals surface area contributed by atoms with Crippen LogP contribution in [0.3, 0.4) is 0 Å². The Labute approximate surface area is 330 Å². The number of ether oxygens (including phenoxy) is 1. The van der Waals surface area contributed by atoms with Crippen molar-refractivity contribution in [1.29, 1.82) is 0 Å². The second-order valence-electron chi connectivity index (χ2n) is 17.2. The van der Waals surface area contributed by atoms with E-state index in [1.54, 1.807) is 5.56 Å². The van der Waals surface area contributed by atoms with Crippen molar-refractivity contribution in [3.05, 3.63) is 175 Å².